The summed E-state index contributed by atoms with van der Waals surface area (Å²) in [5.41, 5.74) is 0. The highest BCUT2D eigenvalue weighted by Crippen LogP contribution is 2.06. The highest BCUT2D eigenvalue weighted by molar-refractivity contribution is 4.50. The molecule has 16 heavy (non-hydrogen) atoms. The Labute approximate surface area is 102 Å². The van der Waals surface area contributed by atoms with Gasteiger partial charge in [0, 0.05) is 6.54 Å². The molecule has 0 aromatic carbocycles. The van der Waals surface area contributed by atoms with Gasteiger partial charge in [-0.1, -0.05) is 45.4 Å². The van der Waals surface area contributed by atoms with E-state index in [2.05, 4.69) is 26.1 Å². The minimum atomic E-state index is 0.361. The van der Waals surface area contributed by atoms with E-state index < -0.39 is 0 Å². The Morgan fingerprint density at radius 1 is 0.875 bits per heavy atom. The Morgan fingerprint density at radius 2 is 1.50 bits per heavy atom. The lowest BCUT2D eigenvalue weighted by Crippen LogP contribution is -2.22. The summed E-state index contributed by atoms with van der Waals surface area (Å²) < 4.78 is 5.45. The number of nitrogens with one attached hydrogen (secondary N) is 1. The van der Waals surface area contributed by atoms with E-state index in [1.165, 1.54) is 44.9 Å². The molecule has 0 rings (SSSR count). The summed E-state index contributed by atoms with van der Waals surface area (Å²) in [5, 5.41) is 3.42. The molecule has 0 amide bonds. The molecule has 98 valence electrons. The van der Waals surface area contributed by atoms with E-state index in [1.54, 1.807) is 0 Å². The maximum Gasteiger partial charge on any atom is 0.0594 e. The Morgan fingerprint density at radius 3 is 2.12 bits per heavy atom. The average Bonchev–Trinajstić information content (AvgIpc) is 2.25. The number of rotatable bonds is 12. The van der Waals surface area contributed by atoms with Crippen LogP contribution in [0.2, 0.25) is 0 Å². The van der Waals surface area contributed by atoms with Crippen molar-refractivity contribution in [3.05, 3.63) is 0 Å². The summed E-state index contributed by atoms with van der Waals surface area (Å²) in [4.78, 5) is 0. The van der Waals surface area contributed by atoms with E-state index in [-0.39, 0.29) is 0 Å². The van der Waals surface area contributed by atoms with Crippen LogP contribution in [0.25, 0.3) is 0 Å². The van der Waals surface area contributed by atoms with Crippen molar-refractivity contribution >= 4 is 0 Å². The Hall–Kier alpha value is -0.0800. The number of hydrogen-bond donors (Lipinski definition) is 1. The van der Waals surface area contributed by atoms with Gasteiger partial charge in [-0.3, -0.25) is 0 Å². The lowest BCUT2D eigenvalue weighted by molar-refractivity contribution is 0.0809. The molecule has 1 N–H and O–H groups in total. The molecule has 0 unspecified atom stereocenters. The molecule has 0 aromatic heterocycles. The van der Waals surface area contributed by atoms with Gasteiger partial charge in [0.05, 0.1) is 12.7 Å². The first kappa shape index (κ1) is 15.9. The summed E-state index contributed by atoms with van der Waals surface area (Å²) in [6, 6.07) is 0. The second-order valence-corrected chi connectivity index (χ2v) is 4.79. The van der Waals surface area contributed by atoms with E-state index in [4.69, 9.17) is 4.74 Å². The molecule has 0 saturated carbocycles. The Kier molecular flexibility index (Phi) is 12.9. The fourth-order valence-electron chi connectivity index (χ4n) is 1.70. The van der Waals surface area contributed by atoms with Crippen molar-refractivity contribution in [3.63, 3.8) is 0 Å². The first-order valence-corrected chi connectivity index (χ1v) is 7.09. The minimum Gasteiger partial charge on any atom is -0.377 e. The fraction of sp³-hybridized carbons (Fsp3) is 1.00. The number of ether oxygens (including phenoxy) is 1. The molecule has 0 atom stereocenters. The van der Waals surface area contributed by atoms with E-state index in [0.29, 0.717) is 6.10 Å². The van der Waals surface area contributed by atoms with Crippen molar-refractivity contribution < 1.29 is 4.74 Å². The molecule has 0 radical (unpaired) electrons. The minimum absolute atomic E-state index is 0.361. The third-order valence-corrected chi connectivity index (χ3v) is 2.69. The van der Waals surface area contributed by atoms with E-state index in [0.717, 1.165) is 19.7 Å². The maximum absolute atomic E-state index is 5.45. The second-order valence-electron chi connectivity index (χ2n) is 4.79. The quantitative estimate of drug-likeness (QED) is 0.515. The number of unbranched alkanes of at least 4 members (excludes halogenated alkanes) is 6. The van der Waals surface area contributed by atoms with Gasteiger partial charge < -0.3 is 10.1 Å². The normalized spacial score (nSPS) is 11.2. The van der Waals surface area contributed by atoms with Crippen LogP contribution in [0.1, 0.15) is 65.7 Å². The van der Waals surface area contributed by atoms with Crippen molar-refractivity contribution in [2.24, 2.45) is 0 Å². The molecule has 0 saturated heterocycles. The van der Waals surface area contributed by atoms with Crippen LogP contribution in [0.15, 0.2) is 0 Å². The summed E-state index contributed by atoms with van der Waals surface area (Å²) in [5.74, 6) is 0. The summed E-state index contributed by atoms with van der Waals surface area (Å²) in [6.45, 7) is 9.41. The molecule has 2 nitrogen and oxygen atoms in total. The topological polar surface area (TPSA) is 21.3 Å². The molecule has 0 aromatic rings. The van der Waals surface area contributed by atoms with Crippen LogP contribution in [0.4, 0.5) is 0 Å². The van der Waals surface area contributed by atoms with Crippen LogP contribution in [0, 0.1) is 0 Å². The smallest absolute Gasteiger partial charge is 0.0594 e. The van der Waals surface area contributed by atoms with Crippen LogP contribution in [0.5, 0.6) is 0 Å². The van der Waals surface area contributed by atoms with Crippen molar-refractivity contribution in [2.75, 3.05) is 19.7 Å². The van der Waals surface area contributed by atoms with Gasteiger partial charge in [-0.15, -0.1) is 0 Å². The lowest BCUT2D eigenvalue weighted by Gasteiger charge is -2.08. The van der Waals surface area contributed by atoms with Gasteiger partial charge in [0.25, 0.3) is 0 Å². The summed E-state index contributed by atoms with van der Waals surface area (Å²) in [6.07, 6.45) is 10.1. The summed E-state index contributed by atoms with van der Waals surface area (Å²) in [7, 11) is 0. The first-order valence-electron chi connectivity index (χ1n) is 7.09. The molecule has 2 heteroatoms. The van der Waals surface area contributed by atoms with Crippen LogP contribution < -0.4 is 5.32 Å². The van der Waals surface area contributed by atoms with Crippen LogP contribution in [0.3, 0.4) is 0 Å². The zero-order valence-corrected chi connectivity index (χ0v) is 11.6. The SMILES string of the molecule is CCCCCCCCCNCCOC(C)C. The standard InChI is InChI=1S/C14H31NO/c1-4-5-6-7-8-9-10-11-15-12-13-16-14(2)3/h14-15H,4-13H2,1-3H3. The van der Waals surface area contributed by atoms with E-state index in [9.17, 15) is 0 Å². The van der Waals surface area contributed by atoms with E-state index >= 15 is 0 Å². The van der Waals surface area contributed by atoms with Gasteiger partial charge in [-0.2, -0.15) is 0 Å². The van der Waals surface area contributed by atoms with Crippen molar-refractivity contribution in [1.82, 2.24) is 5.32 Å². The fourth-order valence-corrected chi connectivity index (χ4v) is 1.70. The van der Waals surface area contributed by atoms with Gasteiger partial charge >= 0.3 is 0 Å². The van der Waals surface area contributed by atoms with Gasteiger partial charge in [0.15, 0.2) is 0 Å². The maximum atomic E-state index is 5.45. The van der Waals surface area contributed by atoms with Crippen LogP contribution in [-0.2, 0) is 4.74 Å². The summed E-state index contributed by atoms with van der Waals surface area (Å²) >= 11 is 0. The van der Waals surface area contributed by atoms with Crippen molar-refractivity contribution in [2.45, 2.75) is 71.8 Å². The zero-order chi connectivity index (χ0) is 12.1. The average molecular weight is 229 g/mol. The predicted molar refractivity (Wildman–Crippen MR) is 72.0 cm³/mol. The molecule has 0 spiro atoms. The van der Waals surface area contributed by atoms with Gasteiger partial charge in [-0.05, 0) is 26.8 Å². The van der Waals surface area contributed by atoms with Gasteiger partial charge in [0.1, 0.15) is 0 Å². The molecule has 0 heterocycles. The third-order valence-electron chi connectivity index (χ3n) is 2.69. The highest BCUT2D eigenvalue weighted by Gasteiger charge is 1.93. The largest absolute Gasteiger partial charge is 0.377 e. The van der Waals surface area contributed by atoms with Crippen molar-refractivity contribution in [1.29, 1.82) is 0 Å². The molecule has 0 fully saturated rings. The Balaban J connectivity index is 2.88. The third kappa shape index (κ3) is 13.9. The molecule has 0 aliphatic heterocycles. The monoisotopic (exact) mass is 229 g/mol. The second kappa shape index (κ2) is 13.0. The van der Waals surface area contributed by atoms with Crippen molar-refractivity contribution in [3.8, 4) is 0 Å². The molecular weight excluding hydrogens is 198 g/mol. The number of hydrogen-bond acceptors (Lipinski definition) is 2. The molecule has 0 aliphatic carbocycles. The highest BCUT2D eigenvalue weighted by atomic mass is 16.5. The first-order chi connectivity index (χ1) is 7.77. The lowest BCUT2D eigenvalue weighted by atomic mass is 10.1. The molecular formula is C14H31NO. The zero-order valence-electron chi connectivity index (χ0n) is 11.6. The molecule has 0 aliphatic rings. The molecule has 0 bridgehead atoms. The van der Waals surface area contributed by atoms with Crippen LogP contribution in [-0.4, -0.2) is 25.8 Å². The Bertz CT molecular complexity index is 126. The van der Waals surface area contributed by atoms with Crippen LogP contribution >= 0.6 is 0 Å². The van der Waals surface area contributed by atoms with E-state index in [1.807, 2.05) is 0 Å². The predicted octanol–water partition coefficient (Wildman–Crippen LogP) is 3.75. The van der Waals surface area contributed by atoms with Gasteiger partial charge in [-0.25, -0.2) is 0 Å². The van der Waals surface area contributed by atoms with Gasteiger partial charge in [0.2, 0.25) is 0 Å².